The largest absolute Gasteiger partial charge is 0.338 e. The van der Waals surface area contributed by atoms with Crippen LogP contribution in [0.5, 0.6) is 0 Å². The topological polar surface area (TPSA) is 92.5 Å². The quantitative estimate of drug-likeness (QED) is 0.258. The van der Waals surface area contributed by atoms with Crippen LogP contribution >= 0.6 is 0 Å². The third-order valence-electron chi connectivity index (χ3n) is 2.95. The first-order chi connectivity index (χ1) is 8.65. The van der Waals surface area contributed by atoms with E-state index in [9.17, 15) is 14.4 Å². The number of benzene rings is 1. The van der Waals surface area contributed by atoms with Crippen LogP contribution < -0.4 is 11.3 Å². The van der Waals surface area contributed by atoms with Crippen LogP contribution in [0.3, 0.4) is 0 Å². The molecule has 1 aromatic carbocycles. The van der Waals surface area contributed by atoms with Crippen LogP contribution in [0.25, 0.3) is 0 Å². The second-order valence-corrected chi connectivity index (χ2v) is 4.01. The van der Waals surface area contributed by atoms with Crippen molar-refractivity contribution in [1.82, 2.24) is 10.3 Å². The zero-order chi connectivity index (χ0) is 13.1. The van der Waals surface area contributed by atoms with Crippen molar-refractivity contribution in [2.24, 2.45) is 11.8 Å². The molecule has 1 saturated heterocycles. The molecule has 0 saturated carbocycles. The van der Waals surface area contributed by atoms with Crippen molar-refractivity contribution in [3.05, 3.63) is 35.9 Å². The van der Waals surface area contributed by atoms with Gasteiger partial charge < -0.3 is 0 Å². The van der Waals surface area contributed by atoms with Gasteiger partial charge in [-0.1, -0.05) is 30.3 Å². The van der Waals surface area contributed by atoms with Gasteiger partial charge in [0, 0.05) is 12.1 Å². The maximum atomic E-state index is 12.1. The number of carbonyl (C=O) groups excluding carboxylic acids is 3. The van der Waals surface area contributed by atoms with Crippen LogP contribution in [-0.2, 0) is 4.79 Å². The van der Waals surface area contributed by atoms with Crippen LogP contribution in [0.4, 0.5) is 4.79 Å². The van der Waals surface area contributed by atoms with E-state index in [1.165, 1.54) is 0 Å². The van der Waals surface area contributed by atoms with Gasteiger partial charge in [-0.2, -0.15) is 0 Å². The van der Waals surface area contributed by atoms with E-state index in [1.807, 2.05) is 5.43 Å². The lowest BCUT2D eigenvalue weighted by atomic mass is 9.96. The Labute approximate surface area is 104 Å². The predicted octanol–water partition coefficient (Wildman–Crippen LogP) is 0.301. The standard InChI is InChI=1S/C12H13N3O3/c13-14-12(18)15-7-6-9(11(15)17)10(16)8-4-2-1-3-5-8/h1-5,9H,6-7,13H2,(H,14,18). The number of hydrogen-bond donors (Lipinski definition) is 2. The van der Waals surface area contributed by atoms with Gasteiger partial charge in [0.2, 0.25) is 5.91 Å². The summed E-state index contributed by atoms with van der Waals surface area (Å²) in [6, 6.07) is 7.89. The van der Waals surface area contributed by atoms with Crippen molar-refractivity contribution >= 4 is 17.7 Å². The summed E-state index contributed by atoms with van der Waals surface area (Å²) in [5, 5.41) is 0. The Morgan fingerprint density at radius 1 is 1.28 bits per heavy atom. The maximum Gasteiger partial charge on any atom is 0.338 e. The molecule has 3 amide bonds. The summed E-state index contributed by atoms with van der Waals surface area (Å²) in [5.41, 5.74) is 2.37. The molecule has 1 fully saturated rings. The minimum atomic E-state index is -0.787. The molecule has 0 spiro atoms. The lowest BCUT2D eigenvalue weighted by Gasteiger charge is -2.13. The van der Waals surface area contributed by atoms with Crippen LogP contribution in [0.1, 0.15) is 16.8 Å². The summed E-state index contributed by atoms with van der Waals surface area (Å²) in [6.45, 7) is 0.213. The van der Waals surface area contributed by atoms with E-state index in [-0.39, 0.29) is 12.3 Å². The summed E-state index contributed by atoms with van der Waals surface area (Å²) in [7, 11) is 0. The van der Waals surface area contributed by atoms with Crippen molar-refractivity contribution in [3.63, 3.8) is 0 Å². The van der Waals surface area contributed by atoms with Gasteiger partial charge in [0.25, 0.3) is 0 Å². The average molecular weight is 247 g/mol. The van der Waals surface area contributed by atoms with Crippen molar-refractivity contribution in [2.45, 2.75) is 6.42 Å². The molecule has 3 N–H and O–H groups in total. The van der Waals surface area contributed by atoms with Crippen LogP contribution in [0, 0.1) is 5.92 Å². The maximum absolute atomic E-state index is 12.1. The third kappa shape index (κ3) is 2.10. The van der Waals surface area contributed by atoms with E-state index in [4.69, 9.17) is 5.84 Å². The Hall–Kier alpha value is -2.21. The molecule has 94 valence electrons. The second kappa shape index (κ2) is 4.97. The average Bonchev–Trinajstić information content (AvgIpc) is 2.80. The van der Waals surface area contributed by atoms with Crippen LogP contribution in [0.2, 0.25) is 0 Å². The van der Waals surface area contributed by atoms with Gasteiger partial charge >= 0.3 is 6.03 Å². The first-order valence-electron chi connectivity index (χ1n) is 5.56. The number of nitrogens with two attached hydrogens (primary N) is 1. The number of carbonyl (C=O) groups is 3. The minimum Gasteiger partial charge on any atom is -0.293 e. The molecule has 6 heteroatoms. The highest BCUT2D eigenvalue weighted by Gasteiger charge is 2.39. The van der Waals surface area contributed by atoms with Gasteiger partial charge in [0.1, 0.15) is 5.92 Å². The van der Waals surface area contributed by atoms with E-state index < -0.39 is 17.9 Å². The monoisotopic (exact) mass is 247 g/mol. The smallest absolute Gasteiger partial charge is 0.293 e. The number of nitrogens with one attached hydrogen (secondary N) is 1. The van der Waals surface area contributed by atoms with E-state index in [0.717, 1.165) is 4.90 Å². The van der Waals surface area contributed by atoms with Gasteiger partial charge in [-0.3, -0.25) is 19.9 Å². The number of imide groups is 1. The Morgan fingerprint density at radius 3 is 2.56 bits per heavy atom. The zero-order valence-corrected chi connectivity index (χ0v) is 9.63. The molecule has 0 aromatic heterocycles. The predicted molar refractivity (Wildman–Crippen MR) is 63.3 cm³/mol. The molecule has 0 radical (unpaired) electrons. The van der Waals surface area contributed by atoms with Crippen molar-refractivity contribution in [3.8, 4) is 0 Å². The Morgan fingerprint density at radius 2 is 1.94 bits per heavy atom. The van der Waals surface area contributed by atoms with Gasteiger partial charge in [-0.05, 0) is 6.42 Å². The third-order valence-corrected chi connectivity index (χ3v) is 2.95. The highest BCUT2D eigenvalue weighted by molar-refractivity contribution is 6.14. The molecule has 1 aromatic rings. The molecule has 1 unspecified atom stereocenters. The van der Waals surface area contributed by atoms with Crippen LogP contribution in [0.15, 0.2) is 30.3 Å². The summed E-state index contributed by atoms with van der Waals surface area (Å²) >= 11 is 0. The molecule has 0 aliphatic carbocycles. The summed E-state index contributed by atoms with van der Waals surface area (Å²) in [5.74, 6) is 3.43. The molecule has 1 aliphatic rings. The summed E-state index contributed by atoms with van der Waals surface area (Å²) < 4.78 is 0. The van der Waals surface area contributed by atoms with E-state index in [1.54, 1.807) is 30.3 Å². The lowest BCUT2D eigenvalue weighted by Crippen LogP contribution is -2.45. The van der Waals surface area contributed by atoms with E-state index in [2.05, 4.69) is 0 Å². The zero-order valence-electron chi connectivity index (χ0n) is 9.63. The van der Waals surface area contributed by atoms with Gasteiger partial charge in [0.05, 0.1) is 0 Å². The number of rotatable bonds is 2. The molecule has 6 nitrogen and oxygen atoms in total. The van der Waals surface area contributed by atoms with E-state index in [0.29, 0.717) is 12.0 Å². The number of likely N-dealkylation sites (tertiary alicyclic amines) is 1. The number of amides is 3. The molecule has 1 aliphatic heterocycles. The molecular formula is C12H13N3O3. The number of ketones is 1. The van der Waals surface area contributed by atoms with Crippen molar-refractivity contribution < 1.29 is 14.4 Å². The fraction of sp³-hybridized carbons (Fsp3) is 0.250. The number of urea groups is 1. The lowest BCUT2D eigenvalue weighted by molar-refractivity contribution is -0.127. The number of hydrazine groups is 1. The Balaban J connectivity index is 2.15. The molecule has 18 heavy (non-hydrogen) atoms. The molecule has 2 rings (SSSR count). The Bertz CT molecular complexity index is 487. The molecule has 0 bridgehead atoms. The first-order valence-corrected chi connectivity index (χ1v) is 5.56. The van der Waals surface area contributed by atoms with Crippen molar-refractivity contribution in [1.29, 1.82) is 0 Å². The van der Waals surface area contributed by atoms with E-state index >= 15 is 0 Å². The number of Topliss-reactive ketones (excluding diaryl/α,β-unsaturated/α-hetero) is 1. The molecular weight excluding hydrogens is 234 g/mol. The molecule has 1 atom stereocenters. The minimum absolute atomic E-state index is 0.213. The highest BCUT2D eigenvalue weighted by atomic mass is 16.2. The fourth-order valence-electron chi connectivity index (χ4n) is 2.01. The van der Waals surface area contributed by atoms with Crippen molar-refractivity contribution in [2.75, 3.05) is 6.54 Å². The van der Waals surface area contributed by atoms with Crippen LogP contribution in [-0.4, -0.2) is 29.2 Å². The summed E-state index contributed by atoms with van der Waals surface area (Å²) in [6.07, 6.45) is 0.333. The SMILES string of the molecule is NNC(=O)N1CCC(C(=O)c2ccccc2)C1=O. The molecule has 1 heterocycles. The summed E-state index contributed by atoms with van der Waals surface area (Å²) in [4.78, 5) is 36.3. The fourth-order valence-corrected chi connectivity index (χ4v) is 2.01. The Kier molecular flexibility index (Phi) is 3.38. The highest BCUT2D eigenvalue weighted by Crippen LogP contribution is 2.22. The van der Waals surface area contributed by atoms with Gasteiger partial charge in [-0.25, -0.2) is 10.6 Å². The first kappa shape index (κ1) is 12.3. The normalized spacial score (nSPS) is 18.8. The van der Waals surface area contributed by atoms with Gasteiger partial charge in [0.15, 0.2) is 5.78 Å². The number of nitrogens with zero attached hydrogens (tertiary/aromatic N) is 1. The van der Waals surface area contributed by atoms with Gasteiger partial charge in [-0.15, -0.1) is 0 Å². The second-order valence-electron chi connectivity index (χ2n) is 4.01. The number of hydrogen-bond acceptors (Lipinski definition) is 4.